The number of halogens is 2. The number of hydrogen-bond acceptors (Lipinski definition) is 16. The Morgan fingerprint density at radius 1 is 0.627 bits per heavy atom. The molecule has 4 aliphatic carbocycles. The first-order valence-electron chi connectivity index (χ1n) is 28.1. The summed E-state index contributed by atoms with van der Waals surface area (Å²) in [6, 6.07) is 18.8. The molecule has 0 saturated heterocycles. The number of pyridine rings is 4. The second kappa shape index (κ2) is 26.3. The average molecular weight is 1220 g/mol. The quantitative estimate of drug-likeness (QED) is 0.0373. The third kappa shape index (κ3) is 18.5. The minimum absolute atomic E-state index is 0.0354. The van der Waals surface area contributed by atoms with Gasteiger partial charge in [-0.3, -0.25) is 4.79 Å². The molecule has 2 atom stereocenters. The number of sulfonamides is 2. The lowest BCUT2D eigenvalue weighted by Gasteiger charge is -2.17. The van der Waals surface area contributed by atoms with Gasteiger partial charge in [0.1, 0.15) is 21.9 Å². The first kappa shape index (κ1) is 62.6. The number of nitrogens with zero attached hydrogens (tertiary/aromatic N) is 8. The number of hydrogen-bond donors (Lipinski definition) is 5. The fraction of sp³-hybridized carbons (Fsp3) is 0.517. The van der Waals surface area contributed by atoms with Crippen LogP contribution in [0.4, 0.5) is 11.6 Å². The molecule has 6 N–H and O–H groups in total. The van der Waals surface area contributed by atoms with Gasteiger partial charge in [-0.2, -0.15) is 8.42 Å². The molecule has 2 unspecified atom stereocenters. The number of amides is 1. The Morgan fingerprint density at radius 2 is 1.07 bits per heavy atom. The molecule has 0 bridgehead atoms. The number of nitrogens with one attached hydrogen (secondary N) is 3. The van der Waals surface area contributed by atoms with Crippen LogP contribution < -0.4 is 30.0 Å². The summed E-state index contributed by atoms with van der Waals surface area (Å²) >= 11 is 12.1. The second-order valence-electron chi connectivity index (χ2n) is 24.5. The van der Waals surface area contributed by atoms with E-state index in [0.29, 0.717) is 82.4 Å². The summed E-state index contributed by atoms with van der Waals surface area (Å²) in [5.41, 5.74) is 1.57. The number of nitrogens with two attached hydrogens (primary N) is 1. The van der Waals surface area contributed by atoms with Crippen LogP contribution in [0.25, 0.3) is 11.6 Å². The van der Waals surface area contributed by atoms with Gasteiger partial charge in [0.25, 0.3) is 26.0 Å². The molecule has 6 heterocycles. The van der Waals surface area contributed by atoms with Crippen molar-refractivity contribution in [2.24, 2.45) is 38.6 Å². The van der Waals surface area contributed by atoms with Gasteiger partial charge in [0.2, 0.25) is 11.8 Å². The number of rotatable bonds is 23. The fourth-order valence-electron chi connectivity index (χ4n) is 10.2. The number of aromatic nitrogens is 8. The number of ether oxygens (including phenoxy) is 2. The highest BCUT2D eigenvalue weighted by Gasteiger charge is 2.38. The third-order valence-corrected chi connectivity index (χ3v) is 18.6. The molecule has 0 aliphatic heterocycles. The number of carbonyl (C=O) groups is 2. The maximum atomic E-state index is 13.0. The SMILES string of the molecule is CC1(C)CCC(CCNc2cccc(S(=O)(=O)NC(=O)c3ccc(-n4ccc(OCCC5(C)CC5)n4)nc3Cl)n2)C1.CC1(C)CCC(CCNc2cccc(S(N)(=O)=O)n2)C1.CC1(CCOc2ccn(-c3ccc(C(=O)O)c(Cl)n3)n2)CC1. The fourth-order valence-corrected chi connectivity index (χ4v) is 12.1. The van der Waals surface area contributed by atoms with E-state index in [2.05, 4.69) is 82.3 Å². The molecule has 0 aromatic carbocycles. The monoisotopic (exact) mass is 1220 g/mol. The van der Waals surface area contributed by atoms with E-state index in [0.717, 1.165) is 38.1 Å². The van der Waals surface area contributed by atoms with E-state index in [4.69, 9.17) is 42.9 Å². The highest BCUT2D eigenvalue weighted by atomic mass is 35.5. The van der Waals surface area contributed by atoms with Crippen LogP contribution in [0, 0.1) is 33.5 Å². The Morgan fingerprint density at radius 3 is 1.48 bits per heavy atom. The Bertz CT molecular complexity index is 3480. The molecule has 21 nitrogen and oxygen atoms in total. The summed E-state index contributed by atoms with van der Waals surface area (Å²) in [7, 11) is -7.98. The molecule has 6 aromatic heterocycles. The highest BCUT2D eigenvalue weighted by molar-refractivity contribution is 7.90. The van der Waals surface area contributed by atoms with Crippen molar-refractivity contribution < 1.29 is 41.0 Å². The zero-order chi connectivity index (χ0) is 59.8. The zero-order valence-electron chi connectivity index (χ0n) is 47.9. The number of primary sulfonamides is 1. The predicted molar refractivity (Wildman–Crippen MR) is 318 cm³/mol. The van der Waals surface area contributed by atoms with Crippen molar-refractivity contribution in [2.45, 2.75) is 141 Å². The van der Waals surface area contributed by atoms with Gasteiger partial charge in [-0.25, -0.2) is 52.4 Å². The van der Waals surface area contributed by atoms with Gasteiger partial charge in [0, 0.05) is 37.6 Å². The van der Waals surface area contributed by atoms with E-state index in [1.54, 1.807) is 54.9 Å². The van der Waals surface area contributed by atoms with Gasteiger partial charge in [-0.05, 0) is 172 Å². The number of carboxylic acid groups (broad SMARTS) is 1. The van der Waals surface area contributed by atoms with Gasteiger partial charge in [0.15, 0.2) is 21.7 Å². The van der Waals surface area contributed by atoms with Crippen LogP contribution in [0.5, 0.6) is 11.8 Å². The van der Waals surface area contributed by atoms with E-state index in [1.165, 1.54) is 104 Å². The third-order valence-electron chi connectivity index (χ3n) is 16.0. The minimum Gasteiger partial charge on any atom is -0.478 e. The number of carbonyl (C=O) groups excluding carboxylic acids is 1. The van der Waals surface area contributed by atoms with Crippen molar-refractivity contribution in [1.82, 2.24) is 44.2 Å². The maximum absolute atomic E-state index is 13.0. The first-order valence-corrected chi connectivity index (χ1v) is 31.9. The van der Waals surface area contributed by atoms with Crippen LogP contribution in [-0.2, 0) is 20.0 Å². The Balaban J connectivity index is 0.000000180. The molecule has 448 valence electrons. The van der Waals surface area contributed by atoms with Crippen LogP contribution in [0.2, 0.25) is 10.3 Å². The van der Waals surface area contributed by atoms with Crippen LogP contribution in [0.1, 0.15) is 152 Å². The summed E-state index contributed by atoms with van der Waals surface area (Å²) in [5.74, 6) is 2.17. The number of anilines is 2. The van der Waals surface area contributed by atoms with Crippen LogP contribution in [0.15, 0.2) is 95.2 Å². The summed E-state index contributed by atoms with van der Waals surface area (Å²) in [5, 5.41) is 28.4. The van der Waals surface area contributed by atoms with Crippen molar-refractivity contribution in [3.05, 3.63) is 107 Å². The molecule has 4 fully saturated rings. The molecule has 0 radical (unpaired) electrons. The van der Waals surface area contributed by atoms with Crippen LogP contribution >= 0.6 is 23.2 Å². The van der Waals surface area contributed by atoms with Gasteiger partial charge < -0.3 is 25.2 Å². The number of aromatic carboxylic acids is 1. The van der Waals surface area contributed by atoms with E-state index in [9.17, 15) is 26.4 Å². The van der Waals surface area contributed by atoms with Crippen molar-refractivity contribution >= 4 is 66.8 Å². The zero-order valence-corrected chi connectivity index (χ0v) is 51.1. The smallest absolute Gasteiger partial charge is 0.338 e. The van der Waals surface area contributed by atoms with E-state index in [-0.39, 0.29) is 31.5 Å². The maximum Gasteiger partial charge on any atom is 0.338 e. The summed E-state index contributed by atoms with van der Waals surface area (Å²) in [6.07, 6.45) is 19.9. The molecule has 25 heteroatoms. The summed E-state index contributed by atoms with van der Waals surface area (Å²) < 4.78 is 64.8. The number of carboxylic acids is 1. The molecule has 83 heavy (non-hydrogen) atoms. The molecular formula is C58H76Cl2N12O9S2. The molecule has 1 amide bonds. The van der Waals surface area contributed by atoms with Gasteiger partial charge in [-0.1, -0.05) is 76.9 Å². The topological polar surface area (TPSA) is 290 Å². The average Bonchev–Trinajstić information content (AvgIpc) is 4.18. The minimum atomic E-state index is -4.25. The van der Waals surface area contributed by atoms with Gasteiger partial charge in [0.05, 0.1) is 24.3 Å². The van der Waals surface area contributed by atoms with E-state index < -0.39 is 31.9 Å². The molecule has 10 rings (SSSR count). The lowest BCUT2D eigenvalue weighted by atomic mass is 9.90. The predicted octanol–water partition coefficient (Wildman–Crippen LogP) is 11.2. The highest BCUT2D eigenvalue weighted by Crippen LogP contribution is 2.49. The normalized spacial score (nSPS) is 18.8. The van der Waals surface area contributed by atoms with Crippen LogP contribution in [0.3, 0.4) is 0 Å². The summed E-state index contributed by atoms with van der Waals surface area (Å²) in [4.78, 5) is 40.3. The van der Waals surface area contributed by atoms with Gasteiger partial charge in [-0.15, -0.1) is 10.2 Å². The van der Waals surface area contributed by atoms with Crippen LogP contribution in [-0.4, -0.2) is 99.6 Å². The lowest BCUT2D eigenvalue weighted by Crippen LogP contribution is -2.31. The van der Waals surface area contributed by atoms with Crippen molar-refractivity contribution in [2.75, 3.05) is 36.9 Å². The molecule has 4 aliphatic rings. The van der Waals surface area contributed by atoms with Crippen molar-refractivity contribution in [1.29, 1.82) is 0 Å². The van der Waals surface area contributed by atoms with E-state index in [1.807, 2.05) is 4.72 Å². The first-order chi connectivity index (χ1) is 39.1. The lowest BCUT2D eigenvalue weighted by molar-refractivity contribution is 0.0696. The van der Waals surface area contributed by atoms with Gasteiger partial charge >= 0.3 is 5.97 Å². The standard InChI is InChI=1S/C29H37ClN6O4S.C15H16ClN3O3.C14H23N3O2S/c1-28(2)12-9-20(19-28)10-16-31-22-5-4-6-25(32-22)41(38,39)35-27(37)21-7-8-23(33-26(21)30)36-17-11-24(34-36)40-18-15-29(3)13-14-29;1-15(5-6-15)7-9-22-12-4-8-19(18-12)11-3-2-10(14(20)21)13(16)17-11;1-14(2)8-6-11(10-14)7-9-16-12-4-3-5-13(17-12)20(15,18)19/h4-8,11,17,20H,9-10,12-16,18-19H2,1-3H3,(H,31,32)(H,35,37);2-4,8H,5-7,9H2,1H3,(H,20,21);3-5,11H,6-10H2,1-2H3,(H,16,17)(H2,15,18,19). The molecular weight excluding hydrogens is 1140 g/mol. The van der Waals surface area contributed by atoms with Crippen molar-refractivity contribution in [3.8, 4) is 23.4 Å². The second-order valence-corrected chi connectivity index (χ2v) is 28.4. The van der Waals surface area contributed by atoms with Crippen molar-refractivity contribution in [3.63, 3.8) is 0 Å². The molecule has 4 saturated carbocycles. The molecule has 0 spiro atoms. The largest absolute Gasteiger partial charge is 0.478 e. The Labute approximate surface area is 496 Å². The van der Waals surface area contributed by atoms with E-state index >= 15 is 0 Å². The Kier molecular flexibility index (Phi) is 19.8. The summed E-state index contributed by atoms with van der Waals surface area (Å²) in [6.45, 7) is 16.5. The Hall–Kier alpha value is -6.40. The molecule has 6 aromatic rings.